The lowest BCUT2D eigenvalue weighted by Gasteiger charge is -2.20. The summed E-state index contributed by atoms with van der Waals surface area (Å²) in [5, 5.41) is 9.96. The highest BCUT2D eigenvalue weighted by atomic mass is 19.1. The Morgan fingerprint density at radius 1 is 1.40 bits per heavy atom. The molecule has 1 aromatic carbocycles. The average molecular weight is 342 g/mol. The van der Waals surface area contributed by atoms with Gasteiger partial charge in [0.1, 0.15) is 5.82 Å². The third-order valence-corrected chi connectivity index (χ3v) is 4.35. The molecule has 1 aromatic heterocycles. The van der Waals surface area contributed by atoms with E-state index in [1.54, 1.807) is 23.1 Å². The number of allylic oxidation sites excluding steroid dienone is 1. The van der Waals surface area contributed by atoms with Crippen molar-refractivity contribution in [2.75, 3.05) is 5.32 Å². The molecule has 0 saturated carbocycles. The molecule has 1 aliphatic carbocycles. The van der Waals surface area contributed by atoms with Crippen molar-refractivity contribution in [2.45, 2.75) is 45.2 Å². The molecule has 2 N–H and O–H groups in total. The molecule has 1 aliphatic rings. The number of carbonyl (C=O) groups excluding carboxylic acids is 1. The molecular weight excluding hydrogens is 319 g/mol. The molecule has 2 aromatic rings. The van der Waals surface area contributed by atoms with Crippen molar-refractivity contribution in [3.05, 3.63) is 59.7 Å². The van der Waals surface area contributed by atoms with E-state index in [-0.39, 0.29) is 17.9 Å². The van der Waals surface area contributed by atoms with E-state index < -0.39 is 0 Å². The number of hydrogen-bond donors (Lipinski definition) is 2. The Labute approximate surface area is 146 Å². The molecule has 0 saturated heterocycles. The summed E-state index contributed by atoms with van der Waals surface area (Å²) < 4.78 is 14.9. The number of halogens is 1. The average Bonchev–Trinajstić information content (AvgIpc) is 3.02. The number of hydrogen-bond acceptors (Lipinski definition) is 2. The van der Waals surface area contributed by atoms with Crippen molar-refractivity contribution in [1.29, 1.82) is 0 Å². The van der Waals surface area contributed by atoms with Crippen LogP contribution in [0.4, 0.5) is 14.9 Å². The molecule has 6 heteroatoms. The SMILES string of the molecule is C[C@H](NC(=O)Nc1cnn(Cc2cccc(F)c2)c1)C1=CCCCC1. The number of benzene rings is 1. The van der Waals surface area contributed by atoms with Gasteiger partial charge in [0.15, 0.2) is 0 Å². The molecular formula is C19H23FN4O. The molecule has 2 amide bonds. The number of nitrogens with one attached hydrogen (secondary N) is 2. The third-order valence-electron chi connectivity index (χ3n) is 4.35. The maximum Gasteiger partial charge on any atom is 0.319 e. The fraction of sp³-hybridized carbons (Fsp3) is 0.368. The monoisotopic (exact) mass is 342 g/mol. The van der Waals surface area contributed by atoms with Crippen LogP contribution in [0.3, 0.4) is 0 Å². The molecule has 1 heterocycles. The zero-order chi connectivity index (χ0) is 17.6. The summed E-state index contributed by atoms with van der Waals surface area (Å²) in [5.74, 6) is -0.270. The summed E-state index contributed by atoms with van der Waals surface area (Å²) in [5.41, 5.74) is 2.72. The summed E-state index contributed by atoms with van der Waals surface area (Å²) in [6.07, 6.45) is 10.1. The van der Waals surface area contributed by atoms with Gasteiger partial charge in [-0.1, -0.05) is 23.8 Å². The molecule has 5 nitrogen and oxygen atoms in total. The molecule has 132 valence electrons. The summed E-state index contributed by atoms with van der Waals surface area (Å²) >= 11 is 0. The van der Waals surface area contributed by atoms with Crippen LogP contribution in [0.25, 0.3) is 0 Å². The first-order chi connectivity index (χ1) is 12.1. The quantitative estimate of drug-likeness (QED) is 0.804. The van der Waals surface area contributed by atoms with Gasteiger partial charge in [0.25, 0.3) is 0 Å². The normalized spacial score (nSPS) is 15.4. The maximum atomic E-state index is 13.2. The van der Waals surface area contributed by atoms with Gasteiger partial charge in [0, 0.05) is 12.2 Å². The predicted octanol–water partition coefficient (Wildman–Crippen LogP) is 4.08. The molecule has 0 unspecified atom stereocenters. The van der Waals surface area contributed by atoms with Crippen LogP contribution in [0, 0.1) is 5.82 Å². The molecule has 0 fully saturated rings. The Bertz CT molecular complexity index is 768. The van der Waals surface area contributed by atoms with Crippen LogP contribution in [-0.4, -0.2) is 21.9 Å². The number of amides is 2. The van der Waals surface area contributed by atoms with Gasteiger partial charge in [-0.25, -0.2) is 9.18 Å². The van der Waals surface area contributed by atoms with Crippen LogP contribution in [0.15, 0.2) is 48.3 Å². The molecule has 0 radical (unpaired) electrons. The summed E-state index contributed by atoms with van der Waals surface area (Å²) in [7, 11) is 0. The number of aromatic nitrogens is 2. The largest absolute Gasteiger partial charge is 0.332 e. The molecule has 1 atom stereocenters. The number of nitrogens with zero attached hydrogens (tertiary/aromatic N) is 2. The number of carbonyl (C=O) groups is 1. The highest BCUT2D eigenvalue weighted by Gasteiger charge is 2.14. The van der Waals surface area contributed by atoms with Crippen molar-refractivity contribution in [3.8, 4) is 0 Å². The van der Waals surface area contributed by atoms with Crippen LogP contribution in [0.2, 0.25) is 0 Å². The Kier molecular flexibility index (Phi) is 5.48. The summed E-state index contributed by atoms with van der Waals surface area (Å²) in [6, 6.07) is 6.17. The Balaban J connectivity index is 1.53. The van der Waals surface area contributed by atoms with E-state index in [1.165, 1.54) is 30.5 Å². The molecule has 0 spiro atoms. The first-order valence-corrected chi connectivity index (χ1v) is 8.63. The number of anilines is 1. The Hall–Kier alpha value is -2.63. The van der Waals surface area contributed by atoms with Crippen LogP contribution in [0.5, 0.6) is 0 Å². The molecule has 0 bridgehead atoms. The van der Waals surface area contributed by atoms with Crippen LogP contribution < -0.4 is 10.6 Å². The molecule has 0 aliphatic heterocycles. The van der Waals surface area contributed by atoms with Gasteiger partial charge in [0.2, 0.25) is 0 Å². The lowest BCUT2D eigenvalue weighted by atomic mass is 9.95. The number of rotatable bonds is 5. The van der Waals surface area contributed by atoms with E-state index in [0.29, 0.717) is 12.2 Å². The van der Waals surface area contributed by atoms with Gasteiger partial charge in [0.05, 0.1) is 18.4 Å². The van der Waals surface area contributed by atoms with E-state index in [1.807, 2.05) is 13.0 Å². The fourth-order valence-corrected chi connectivity index (χ4v) is 3.05. The maximum absolute atomic E-state index is 13.2. The van der Waals surface area contributed by atoms with Crippen molar-refractivity contribution in [3.63, 3.8) is 0 Å². The van der Waals surface area contributed by atoms with Crippen LogP contribution in [-0.2, 0) is 6.54 Å². The van der Waals surface area contributed by atoms with Gasteiger partial charge in [-0.15, -0.1) is 0 Å². The Morgan fingerprint density at radius 3 is 3.04 bits per heavy atom. The molecule has 3 rings (SSSR count). The van der Waals surface area contributed by atoms with Crippen molar-refractivity contribution in [1.82, 2.24) is 15.1 Å². The van der Waals surface area contributed by atoms with Crippen molar-refractivity contribution >= 4 is 11.7 Å². The number of urea groups is 1. The van der Waals surface area contributed by atoms with Gasteiger partial charge < -0.3 is 10.6 Å². The highest BCUT2D eigenvalue weighted by molar-refractivity contribution is 5.89. The standard InChI is InChI=1S/C19H23FN4O/c1-14(16-7-3-2-4-8-16)22-19(25)23-18-11-21-24(13-18)12-15-6-5-9-17(20)10-15/h5-7,9-11,13-14H,2-4,8,12H2,1H3,(H2,22,23,25)/t14-/m0/s1. The van der Waals surface area contributed by atoms with E-state index >= 15 is 0 Å². The summed E-state index contributed by atoms with van der Waals surface area (Å²) in [6.45, 7) is 2.45. The van der Waals surface area contributed by atoms with E-state index in [2.05, 4.69) is 21.8 Å². The second-order valence-electron chi connectivity index (χ2n) is 6.40. The van der Waals surface area contributed by atoms with Crippen molar-refractivity contribution in [2.24, 2.45) is 0 Å². The van der Waals surface area contributed by atoms with E-state index in [0.717, 1.165) is 18.4 Å². The smallest absolute Gasteiger partial charge is 0.319 e. The van der Waals surface area contributed by atoms with Crippen molar-refractivity contribution < 1.29 is 9.18 Å². The van der Waals surface area contributed by atoms with Crippen LogP contribution >= 0.6 is 0 Å². The minimum Gasteiger partial charge on any atom is -0.332 e. The third kappa shape index (κ3) is 4.92. The zero-order valence-electron chi connectivity index (χ0n) is 14.3. The fourth-order valence-electron chi connectivity index (χ4n) is 3.05. The lowest BCUT2D eigenvalue weighted by molar-refractivity contribution is 0.250. The van der Waals surface area contributed by atoms with Gasteiger partial charge in [-0.2, -0.15) is 5.10 Å². The zero-order valence-corrected chi connectivity index (χ0v) is 14.3. The second-order valence-corrected chi connectivity index (χ2v) is 6.40. The topological polar surface area (TPSA) is 59.0 Å². The van der Waals surface area contributed by atoms with Gasteiger partial charge >= 0.3 is 6.03 Å². The lowest BCUT2D eigenvalue weighted by Crippen LogP contribution is -2.37. The van der Waals surface area contributed by atoms with Gasteiger partial charge in [-0.3, -0.25) is 4.68 Å². The molecule has 25 heavy (non-hydrogen) atoms. The van der Waals surface area contributed by atoms with E-state index in [9.17, 15) is 9.18 Å². The predicted molar refractivity (Wildman–Crippen MR) is 95.9 cm³/mol. The Morgan fingerprint density at radius 2 is 2.28 bits per heavy atom. The first kappa shape index (κ1) is 17.2. The van der Waals surface area contributed by atoms with E-state index in [4.69, 9.17) is 0 Å². The van der Waals surface area contributed by atoms with Gasteiger partial charge in [-0.05, 0) is 50.3 Å². The second kappa shape index (κ2) is 7.96. The summed E-state index contributed by atoms with van der Waals surface area (Å²) in [4.78, 5) is 12.1. The minimum absolute atomic E-state index is 0.0302. The van der Waals surface area contributed by atoms with Crippen LogP contribution in [0.1, 0.15) is 38.2 Å². The highest BCUT2D eigenvalue weighted by Crippen LogP contribution is 2.20. The first-order valence-electron chi connectivity index (χ1n) is 8.63. The minimum atomic E-state index is -0.270.